The van der Waals surface area contributed by atoms with Crippen LogP contribution >= 0.6 is 27.3 Å². The Morgan fingerprint density at radius 3 is 2.74 bits per heavy atom. The van der Waals surface area contributed by atoms with E-state index in [1.54, 1.807) is 12.1 Å². The van der Waals surface area contributed by atoms with E-state index in [-0.39, 0.29) is 35.6 Å². The molecule has 1 amide bonds. The van der Waals surface area contributed by atoms with Crippen LogP contribution in [-0.2, 0) is 11.3 Å². The van der Waals surface area contributed by atoms with Crippen LogP contribution < -0.4 is 5.56 Å². The maximum atomic E-state index is 13.9. The smallest absolute Gasteiger partial charge is 0.263 e. The zero-order chi connectivity index (χ0) is 24.0. The number of carbonyl (C=O) groups is 1. The molecule has 2 fully saturated rings. The Morgan fingerprint density at radius 1 is 1.32 bits per heavy atom. The Labute approximate surface area is 207 Å². The highest BCUT2D eigenvalue weighted by molar-refractivity contribution is 9.10. The number of alkyl halides is 1. The second-order valence-electron chi connectivity index (χ2n) is 9.21. The third kappa shape index (κ3) is 4.41. The van der Waals surface area contributed by atoms with Gasteiger partial charge in [-0.05, 0) is 53.4 Å². The standard InChI is InChI=1S/C25H22BrF2N3O2S/c1-25(28)12-31(13-25)20(32)11-30-14-29-23-22(24(30)33)21(16-7-8-18(27)17(26)10-16)19(34-23)9-6-15-4-2-3-5-15/h7-8,10,14-15H,2-5,11-13H2,1H3. The summed E-state index contributed by atoms with van der Waals surface area (Å²) in [5.41, 5.74) is -0.505. The summed E-state index contributed by atoms with van der Waals surface area (Å²) in [7, 11) is 0. The molecule has 5 rings (SSSR count). The number of nitrogens with zero attached hydrogens (tertiary/aromatic N) is 3. The van der Waals surface area contributed by atoms with E-state index in [4.69, 9.17) is 0 Å². The highest BCUT2D eigenvalue weighted by Crippen LogP contribution is 2.37. The fourth-order valence-electron chi connectivity index (χ4n) is 4.56. The van der Waals surface area contributed by atoms with Crippen molar-refractivity contribution in [1.82, 2.24) is 14.5 Å². The summed E-state index contributed by atoms with van der Waals surface area (Å²) >= 11 is 4.55. The van der Waals surface area contributed by atoms with Crippen molar-refractivity contribution < 1.29 is 13.6 Å². The monoisotopic (exact) mass is 545 g/mol. The lowest BCUT2D eigenvalue weighted by molar-refractivity contribution is -0.144. The molecule has 1 aliphatic carbocycles. The largest absolute Gasteiger partial charge is 0.335 e. The van der Waals surface area contributed by atoms with Crippen LogP contribution in [0, 0.1) is 23.6 Å². The van der Waals surface area contributed by atoms with Crippen molar-refractivity contribution in [3.05, 3.63) is 50.0 Å². The number of benzene rings is 1. The normalized spacial score (nSPS) is 17.5. The minimum Gasteiger partial charge on any atom is -0.335 e. The van der Waals surface area contributed by atoms with Crippen molar-refractivity contribution in [2.75, 3.05) is 13.1 Å². The highest BCUT2D eigenvalue weighted by Gasteiger charge is 2.41. The highest BCUT2D eigenvalue weighted by atomic mass is 79.9. The molecule has 1 saturated carbocycles. The van der Waals surface area contributed by atoms with Gasteiger partial charge in [-0.3, -0.25) is 14.2 Å². The first kappa shape index (κ1) is 23.2. The molecule has 34 heavy (non-hydrogen) atoms. The van der Waals surface area contributed by atoms with E-state index in [9.17, 15) is 18.4 Å². The Bertz CT molecular complexity index is 1410. The molecule has 1 aromatic carbocycles. The lowest BCUT2D eigenvalue weighted by Gasteiger charge is -2.42. The fourth-order valence-corrected chi connectivity index (χ4v) is 5.96. The molecular weight excluding hydrogens is 524 g/mol. The molecule has 1 saturated heterocycles. The molecule has 0 N–H and O–H groups in total. The van der Waals surface area contributed by atoms with Crippen LogP contribution in [0.3, 0.4) is 0 Å². The summed E-state index contributed by atoms with van der Waals surface area (Å²) in [6.07, 6.45) is 5.82. The van der Waals surface area contributed by atoms with Crippen molar-refractivity contribution >= 4 is 43.4 Å². The second-order valence-corrected chi connectivity index (χ2v) is 11.1. The van der Waals surface area contributed by atoms with Crippen LogP contribution in [0.4, 0.5) is 8.78 Å². The van der Waals surface area contributed by atoms with E-state index in [1.807, 2.05) is 0 Å². The number of aromatic nitrogens is 2. The van der Waals surface area contributed by atoms with Crippen LogP contribution in [0.15, 0.2) is 33.8 Å². The summed E-state index contributed by atoms with van der Waals surface area (Å²) in [5, 5.41) is 0.355. The van der Waals surface area contributed by atoms with Crippen molar-refractivity contribution in [3.63, 3.8) is 0 Å². The van der Waals surface area contributed by atoms with Crippen LogP contribution in [0.25, 0.3) is 21.3 Å². The number of amides is 1. The molecule has 0 unspecified atom stereocenters. The fraction of sp³-hybridized carbons (Fsp3) is 0.400. The summed E-state index contributed by atoms with van der Waals surface area (Å²) in [6, 6.07) is 4.58. The van der Waals surface area contributed by atoms with Gasteiger partial charge in [-0.25, -0.2) is 13.8 Å². The predicted octanol–water partition coefficient (Wildman–Crippen LogP) is 5.14. The number of rotatable bonds is 3. The minimum atomic E-state index is -1.38. The van der Waals surface area contributed by atoms with Gasteiger partial charge in [-0.2, -0.15) is 0 Å². The molecule has 3 heterocycles. The summed E-state index contributed by atoms with van der Waals surface area (Å²) in [5.74, 6) is 6.20. The van der Waals surface area contributed by atoms with Gasteiger partial charge in [0.1, 0.15) is 22.9 Å². The van der Waals surface area contributed by atoms with Crippen LogP contribution in [0.1, 0.15) is 37.5 Å². The lowest BCUT2D eigenvalue weighted by Crippen LogP contribution is -2.60. The molecule has 9 heteroatoms. The number of hydrogen-bond donors (Lipinski definition) is 0. The number of halogens is 3. The third-order valence-electron chi connectivity index (χ3n) is 6.33. The van der Waals surface area contributed by atoms with Crippen molar-refractivity contribution in [2.45, 2.75) is 44.8 Å². The zero-order valence-electron chi connectivity index (χ0n) is 18.5. The Kier molecular flexibility index (Phi) is 6.07. The van der Waals surface area contributed by atoms with E-state index in [0.29, 0.717) is 32.1 Å². The van der Waals surface area contributed by atoms with Crippen LogP contribution in [-0.4, -0.2) is 39.1 Å². The third-order valence-corrected chi connectivity index (χ3v) is 7.95. The summed E-state index contributed by atoms with van der Waals surface area (Å²) in [4.78, 5) is 33.1. The number of carbonyl (C=O) groups excluding carboxylic acids is 1. The Hall–Kier alpha value is -2.57. The van der Waals surface area contributed by atoms with Gasteiger partial charge in [-0.15, -0.1) is 11.3 Å². The van der Waals surface area contributed by atoms with Gasteiger partial charge in [0.2, 0.25) is 5.91 Å². The average Bonchev–Trinajstić information content (AvgIpc) is 3.42. The van der Waals surface area contributed by atoms with Crippen LogP contribution in [0.5, 0.6) is 0 Å². The lowest BCUT2D eigenvalue weighted by atomic mass is 9.99. The van der Waals surface area contributed by atoms with Gasteiger partial charge in [0, 0.05) is 11.5 Å². The maximum Gasteiger partial charge on any atom is 0.263 e. The quantitative estimate of drug-likeness (QED) is 0.428. The SMILES string of the molecule is CC1(F)CN(C(=O)Cn2cnc3sc(C#CC4CCCC4)c(-c4ccc(F)c(Br)c4)c3c2=O)C1. The van der Waals surface area contributed by atoms with Gasteiger partial charge in [0.15, 0.2) is 0 Å². The van der Waals surface area contributed by atoms with E-state index in [2.05, 4.69) is 32.8 Å². The summed E-state index contributed by atoms with van der Waals surface area (Å²) < 4.78 is 29.3. The Morgan fingerprint density at radius 2 is 2.06 bits per heavy atom. The van der Waals surface area contributed by atoms with Crippen LogP contribution in [0.2, 0.25) is 0 Å². The van der Waals surface area contributed by atoms with Gasteiger partial charge in [0.25, 0.3) is 5.56 Å². The first-order chi connectivity index (χ1) is 16.2. The zero-order valence-corrected chi connectivity index (χ0v) is 20.9. The number of thiophene rings is 1. The van der Waals surface area contributed by atoms with Crippen molar-refractivity contribution in [3.8, 4) is 23.0 Å². The number of likely N-dealkylation sites (tertiary alicyclic amines) is 1. The summed E-state index contributed by atoms with van der Waals surface area (Å²) in [6.45, 7) is 1.27. The molecule has 0 spiro atoms. The molecule has 2 aliphatic rings. The number of fused-ring (bicyclic) bond motifs is 1. The second kappa shape index (κ2) is 8.90. The van der Waals surface area contributed by atoms with E-state index < -0.39 is 11.5 Å². The Balaban J connectivity index is 1.59. The predicted molar refractivity (Wildman–Crippen MR) is 132 cm³/mol. The topological polar surface area (TPSA) is 55.2 Å². The first-order valence-electron chi connectivity index (χ1n) is 11.2. The maximum absolute atomic E-state index is 13.9. The van der Waals surface area contributed by atoms with Gasteiger partial charge < -0.3 is 4.90 Å². The molecule has 2 aromatic heterocycles. The molecular formula is C25H22BrF2N3O2S. The molecule has 0 radical (unpaired) electrons. The van der Waals surface area contributed by atoms with Gasteiger partial charge in [0.05, 0.1) is 34.2 Å². The van der Waals surface area contributed by atoms with E-state index in [0.717, 1.165) is 12.8 Å². The molecule has 0 bridgehead atoms. The molecule has 1 aliphatic heterocycles. The molecule has 5 nitrogen and oxygen atoms in total. The molecule has 176 valence electrons. The van der Waals surface area contributed by atoms with Gasteiger partial charge in [-0.1, -0.05) is 30.7 Å². The minimum absolute atomic E-state index is 0.0183. The number of hydrogen-bond acceptors (Lipinski definition) is 4. The van der Waals surface area contributed by atoms with E-state index >= 15 is 0 Å². The molecule has 3 aromatic rings. The van der Waals surface area contributed by atoms with Gasteiger partial charge >= 0.3 is 0 Å². The first-order valence-corrected chi connectivity index (χ1v) is 12.8. The van der Waals surface area contributed by atoms with Crippen molar-refractivity contribution in [1.29, 1.82) is 0 Å². The van der Waals surface area contributed by atoms with E-state index in [1.165, 1.54) is 53.0 Å². The van der Waals surface area contributed by atoms with Crippen molar-refractivity contribution in [2.24, 2.45) is 5.92 Å². The average molecular weight is 546 g/mol. The molecule has 0 atom stereocenters.